The SMILES string of the molecule is COc1cc(OC)c(C(=O)N(C)Cc2cn(-c3ccccc3)nc2-c2ccccc2)cc1OC. The van der Waals surface area contributed by atoms with Gasteiger partial charge in [-0.25, -0.2) is 4.68 Å². The zero-order valence-electron chi connectivity index (χ0n) is 19.7. The second-order valence-electron chi connectivity index (χ2n) is 7.72. The molecule has 1 heterocycles. The molecule has 0 aliphatic heterocycles. The monoisotopic (exact) mass is 457 g/mol. The highest BCUT2D eigenvalue weighted by Gasteiger charge is 2.23. The molecule has 0 bridgehead atoms. The summed E-state index contributed by atoms with van der Waals surface area (Å²) in [5.74, 6) is 1.16. The summed E-state index contributed by atoms with van der Waals surface area (Å²) in [5.41, 5.74) is 4.06. The molecule has 0 saturated heterocycles. The molecule has 34 heavy (non-hydrogen) atoms. The first-order chi connectivity index (χ1) is 16.5. The maximum Gasteiger partial charge on any atom is 0.257 e. The molecule has 0 fully saturated rings. The average molecular weight is 458 g/mol. The van der Waals surface area contributed by atoms with Crippen molar-refractivity contribution < 1.29 is 19.0 Å². The van der Waals surface area contributed by atoms with Gasteiger partial charge in [-0.3, -0.25) is 4.79 Å². The fraction of sp³-hybridized carbons (Fsp3) is 0.185. The zero-order valence-corrected chi connectivity index (χ0v) is 19.7. The van der Waals surface area contributed by atoms with Crippen molar-refractivity contribution in [1.29, 1.82) is 0 Å². The lowest BCUT2D eigenvalue weighted by Crippen LogP contribution is -2.26. The number of amides is 1. The Labute approximate surface area is 199 Å². The van der Waals surface area contributed by atoms with Crippen molar-refractivity contribution in [1.82, 2.24) is 14.7 Å². The maximum atomic E-state index is 13.4. The molecule has 0 aliphatic rings. The van der Waals surface area contributed by atoms with Crippen LogP contribution >= 0.6 is 0 Å². The molecule has 0 spiro atoms. The summed E-state index contributed by atoms with van der Waals surface area (Å²) in [6.07, 6.45) is 1.97. The van der Waals surface area contributed by atoms with E-state index in [0.29, 0.717) is 29.4 Å². The third-order valence-corrected chi connectivity index (χ3v) is 5.55. The summed E-state index contributed by atoms with van der Waals surface area (Å²) in [4.78, 5) is 15.1. The normalized spacial score (nSPS) is 10.6. The number of benzene rings is 3. The van der Waals surface area contributed by atoms with Crippen molar-refractivity contribution in [3.05, 3.63) is 90.1 Å². The molecule has 4 rings (SSSR count). The van der Waals surface area contributed by atoms with E-state index in [0.717, 1.165) is 22.5 Å². The summed E-state index contributed by atoms with van der Waals surface area (Å²) in [7, 11) is 6.36. The number of rotatable bonds is 8. The van der Waals surface area contributed by atoms with Crippen molar-refractivity contribution >= 4 is 5.91 Å². The zero-order chi connectivity index (χ0) is 24.1. The van der Waals surface area contributed by atoms with Gasteiger partial charge in [0.05, 0.1) is 38.3 Å². The van der Waals surface area contributed by atoms with E-state index >= 15 is 0 Å². The molecule has 0 N–H and O–H groups in total. The Hall–Kier alpha value is -4.26. The Morgan fingerprint density at radius 3 is 2.06 bits per heavy atom. The molecule has 4 aromatic rings. The number of aromatic nitrogens is 2. The first-order valence-electron chi connectivity index (χ1n) is 10.8. The molecule has 0 aliphatic carbocycles. The molecule has 7 heteroatoms. The van der Waals surface area contributed by atoms with Crippen molar-refractivity contribution in [3.63, 3.8) is 0 Å². The van der Waals surface area contributed by atoms with Crippen LogP contribution < -0.4 is 14.2 Å². The Kier molecular flexibility index (Phi) is 6.82. The highest BCUT2D eigenvalue weighted by Crippen LogP contribution is 2.35. The minimum atomic E-state index is -0.204. The van der Waals surface area contributed by atoms with Crippen LogP contribution in [0.4, 0.5) is 0 Å². The summed E-state index contributed by atoms with van der Waals surface area (Å²) < 4.78 is 18.0. The van der Waals surface area contributed by atoms with E-state index in [1.54, 1.807) is 31.2 Å². The van der Waals surface area contributed by atoms with Gasteiger partial charge in [0.2, 0.25) is 0 Å². The van der Waals surface area contributed by atoms with E-state index in [4.69, 9.17) is 19.3 Å². The van der Waals surface area contributed by atoms with E-state index in [9.17, 15) is 4.79 Å². The minimum absolute atomic E-state index is 0.204. The van der Waals surface area contributed by atoms with Crippen molar-refractivity contribution in [2.45, 2.75) is 6.54 Å². The van der Waals surface area contributed by atoms with Gasteiger partial charge >= 0.3 is 0 Å². The van der Waals surface area contributed by atoms with E-state index in [-0.39, 0.29) is 5.91 Å². The van der Waals surface area contributed by atoms with Gasteiger partial charge in [-0.15, -0.1) is 0 Å². The van der Waals surface area contributed by atoms with E-state index in [1.807, 2.05) is 71.5 Å². The van der Waals surface area contributed by atoms with Crippen molar-refractivity contribution in [2.24, 2.45) is 0 Å². The third kappa shape index (κ3) is 4.59. The fourth-order valence-electron chi connectivity index (χ4n) is 3.81. The number of hydrogen-bond donors (Lipinski definition) is 0. The molecule has 0 radical (unpaired) electrons. The molecular weight excluding hydrogens is 430 g/mol. The molecule has 0 saturated carbocycles. The van der Waals surface area contributed by atoms with Crippen LogP contribution in [0.1, 0.15) is 15.9 Å². The van der Waals surface area contributed by atoms with Crippen LogP contribution in [0.2, 0.25) is 0 Å². The van der Waals surface area contributed by atoms with Crippen LogP contribution in [-0.4, -0.2) is 49.0 Å². The predicted octanol–water partition coefficient (Wildman–Crippen LogP) is 4.84. The van der Waals surface area contributed by atoms with E-state index in [1.165, 1.54) is 14.2 Å². The van der Waals surface area contributed by atoms with Gasteiger partial charge in [0, 0.05) is 43.0 Å². The number of carbonyl (C=O) groups is 1. The highest BCUT2D eigenvalue weighted by atomic mass is 16.5. The Morgan fingerprint density at radius 1 is 0.853 bits per heavy atom. The molecule has 1 aromatic heterocycles. The van der Waals surface area contributed by atoms with Crippen LogP contribution in [0, 0.1) is 0 Å². The van der Waals surface area contributed by atoms with Crippen molar-refractivity contribution in [3.8, 4) is 34.2 Å². The van der Waals surface area contributed by atoms with Crippen molar-refractivity contribution in [2.75, 3.05) is 28.4 Å². The lowest BCUT2D eigenvalue weighted by molar-refractivity contribution is 0.0781. The largest absolute Gasteiger partial charge is 0.496 e. The van der Waals surface area contributed by atoms with Crippen LogP contribution in [-0.2, 0) is 6.54 Å². The average Bonchev–Trinajstić information content (AvgIpc) is 3.32. The lowest BCUT2D eigenvalue weighted by atomic mass is 10.1. The van der Waals surface area contributed by atoms with Gasteiger partial charge in [-0.05, 0) is 12.1 Å². The molecule has 1 amide bonds. The summed E-state index contributed by atoms with van der Waals surface area (Å²) in [6, 6.07) is 23.1. The first kappa shape index (κ1) is 22.9. The van der Waals surface area contributed by atoms with Gasteiger partial charge in [0.25, 0.3) is 5.91 Å². The molecule has 0 atom stereocenters. The topological polar surface area (TPSA) is 65.8 Å². The second kappa shape index (κ2) is 10.1. The molecule has 7 nitrogen and oxygen atoms in total. The summed E-state index contributed by atoms with van der Waals surface area (Å²) in [6.45, 7) is 0.355. The van der Waals surface area contributed by atoms with Crippen LogP contribution in [0.3, 0.4) is 0 Å². The first-order valence-corrected chi connectivity index (χ1v) is 10.8. The van der Waals surface area contributed by atoms with Gasteiger partial charge in [-0.2, -0.15) is 5.10 Å². The number of nitrogens with zero attached hydrogens (tertiary/aromatic N) is 3. The predicted molar refractivity (Wildman–Crippen MR) is 131 cm³/mol. The highest BCUT2D eigenvalue weighted by molar-refractivity contribution is 5.97. The second-order valence-corrected chi connectivity index (χ2v) is 7.72. The van der Waals surface area contributed by atoms with E-state index in [2.05, 4.69) is 0 Å². The standard InChI is InChI=1S/C27H27N3O4/c1-29(27(31)22-15-24(33-3)25(34-4)16-23(22)32-2)17-20-18-30(21-13-9-6-10-14-21)28-26(20)19-11-7-5-8-12-19/h5-16,18H,17H2,1-4H3. The fourth-order valence-corrected chi connectivity index (χ4v) is 3.81. The smallest absolute Gasteiger partial charge is 0.257 e. The van der Waals surface area contributed by atoms with E-state index < -0.39 is 0 Å². The van der Waals surface area contributed by atoms with Gasteiger partial charge in [-0.1, -0.05) is 48.5 Å². The third-order valence-electron chi connectivity index (χ3n) is 5.55. The molecule has 174 valence electrons. The molecule has 0 unspecified atom stereocenters. The van der Waals surface area contributed by atoms with Gasteiger partial charge < -0.3 is 19.1 Å². The quantitative estimate of drug-likeness (QED) is 0.379. The Bertz CT molecular complexity index is 1270. The van der Waals surface area contributed by atoms with Gasteiger partial charge in [0.15, 0.2) is 11.5 Å². The molecular formula is C27H27N3O4. The molecule has 3 aromatic carbocycles. The number of para-hydroxylation sites is 1. The number of ether oxygens (including phenoxy) is 3. The minimum Gasteiger partial charge on any atom is -0.496 e. The number of methoxy groups -OCH3 is 3. The van der Waals surface area contributed by atoms with Crippen LogP contribution in [0.5, 0.6) is 17.2 Å². The summed E-state index contributed by atoms with van der Waals surface area (Å²) in [5, 5.41) is 4.84. The van der Waals surface area contributed by atoms with Crippen LogP contribution in [0.15, 0.2) is 79.0 Å². The maximum absolute atomic E-state index is 13.4. The lowest BCUT2D eigenvalue weighted by Gasteiger charge is -2.20. The number of carbonyl (C=O) groups excluding carboxylic acids is 1. The summed E-state index contributed by atoms with van der Waals surface area (Å²) >= 11 is 0. The van der Waals surface area contributed by atoms with Crippen LogP contribution in [0.25, 0.3) is 16.9 Å². The number of hydrogen-bond acceptors (Lipinski definition) is 5. The van der Waals surface area contributed by atoms with Gasteiger partial charge in [0.1, 0.15) is 5.75 Å². The Morgan fingerprint density at radius 2 is 1.44 bits per heavy atom. The Balaban J connectivity index is 1.70.